The molecule has 0 aliphatic carbocycles. The first-order chi connectivity index (χ1) is 16.5. The van der Waals surface area contributed by atoms with E-state index in [1.807, 2.05) is 60.3 Å². The first-order valence-electron chi connectivity index (χ1n) is 11.1. The van der Waals surface area contributed by atoms with Crippen LogP contribution in [0.25, 0.3) is 11.3 Å². The Hall–Kier alpha value is -3.82. The van der Waals surface area contributed by atoms with Gasteiger partial charge in [0.2, 0.25) is 5.95 Å². The van der Waals surface area contributed by atoms with Crippen LogP contribution in [0.1, 0.15) is 35.2 Å². The van der Waals surface area contributed by atoms with E-state index in [2.05, 4.69) is 22.9 Å². The smallest absolute Gasteiger partial charge is 0.211 e. The van der Waals surface area contributed by atoms with E-state index in [9.17, 15) is 4.79 Å². The van der Waals surface area contributed by atoms with Gasteiger partial charge in [0.15, 0.2) is 0 Å². The number of benzene rings is 2. The third-order valence-corrected chi connectivity index (χ3v) is 5.56. The number of rotatable bonds is 12. The minimum absolute atomic E-state index is 0.515. The molecule has 3 rings (SSSR count). The third-order valence-electron chi connectivity index (χ3n) is 5.31. The van der Waals surface area contributed by atoms with E-state index in [-0.39, 0.29) is 0 Å². The summed E-state index contributed by atoms with van der Waals surface area (Å²) in [7, 11) is 1.97. The van der Waals surface area contributed by atoms with Crippen LogP contribution in [-0.4, -0.2) is 22.4 Å². The summed E-state index contributed by atoms with van der Waals surface area (Å²) in [6.07, 6.45) is 8.63. The summed E-state index contributed by atoms with van der Waals surface area (Å²) < 4.78 is 1.99. The molecule has 0 saturated heterocycles. The lowest BCUT2D eigenvalue weighted by molar-refractivity contribution is 0.112. The van der Waals surface area contributed by atoms with Gasteiger partial charge < -0.3 is 9.88 Å². The first-order valence-corrected chi connectivity index (χ1v) is 11.5. The summed E-state index contributed by atoms with van der Waals surface area (Å²) >= 11 is 6.05. The predicted octanol–water partition coefficient (Wildman–Crippen LogP) is 5.87. The van der Waals surface area contributed by atoms with E-state index in [0.29, 0.717) is 30.1 Å². The lowest BCUT2D eigenvalue weighted by Crippen LogP contribution is -2.34. The maximum Gasteiger partial charge on any atom is 0.211 e. The zero-order valence-electron chi connectivity index (χ0n) is 19.2. The maximum absolute atomic E-state index is 10.9. The normalized spacial score (nSPS) is 11.0. The van der Waals surface area contributed by atoms with Crippen LogP contribution in [-0.2, 0) is 13.6 Å². The molecule has 2 aromatic carbocycles. The highest BCUT2D eigenvalue weighted by atomic mass is 35.5. The van der Waals surface area contributed by atoms with Crippen molar-refractivity contribution in [2.75, 3.05) is 11.4 Å². The lowest BCUT2D eigenvalue weighted by Gasteiger charge is -2.27. The van der Waals surface area contributed by atoms with Crippen molar-refractivity contribution < 1.29 is 4.79 Å². The van der Waals surface area contributed by atoms with Crippen LogP contribution in [0, 0.1) is 11.3 Å². The number of aldehydes is 1. The van der Waals surface area contributed by atoms with Gasteiger partial charge in [0, 0.05) is 48.9 Å². The fraction of sp³-hybridized carbons (Fsp3) is 0.222. The van der Waals surface area contributed by atoms with Crippen LogP contribution in [0.15, 0.2) is 79.3 Å². The number of carbonyl (C=O) groups excluding carboxylic acids is 1. The zero-order valence-corrected chi connectivity index (χ0v) is 20.0. The van der Waals surface area contributed by atoms with Gasteiger partial charge in [0.05, 0.1) is 11.8 Å². The molecule has 6 nitrogen and oxygen atoms in total. The van der Waals surface area contributed by atoms with Crippen LogP contribution in [0.2, 0.25) is 5.02 Å². The number of aromatic nitrogens is 2. The van der Waals surface area contributed by atoms with E-state index in [1.165, 1.54) is 0 Å². The van der Waals surface area contributed by atoms with Crippen LogP contribution in [0.4, 0.5) is 5.95 Å². The molecule has 0 aliphatic rings. The molecule has 0 bridgehead atoms. The molecule has 3 aromatic rings. The van der Waals surface area contributed by atoms with E-state index >= 15 is 0 Å². The number of allylic oxidation sites excluding steroid dienone is 2. The van der Waals surface area contributed by atoms with Crippen LogP contribution in [0.3, 0.4) is 0 Å². The quantitative estimate of drug-likeness (QED) is 0.202. The number of nitrogens with one attached hydrogen (secondary N) is 1. The van der Waals surface area contributed by atoms with Crippen molar-refractivity contribution in [2.45, 2.75) is 25.8 Å². The van der Waals surface area contributed by atoms with E-state index in [4.69, 9.17) is 21.8 Å². The average Bonchev–Trinajstić information content (AvgIpc) is 3.24. The number of carbonyl (C=O) groups is 1. The molecule has 0 amide bonds. The zero-order chi connectivity index (χ0) is 24.3. The van der Waals surface area contributed by atoms with Crippen LogP contribution < -0.4 is 10.2 Å². The number of hydrogen-bond donors (Lipinski definition) is 1. The second-order valence-electron chi connectivity index (χ2n) is 7.81. The van der Waals surface area contributed by atoms with Crippen molar-refractivity contribution >= 4 is 23.8 Å². The van der Waals surface area contributed by atoms with E-state index in [0.717, 1.165) is 47.7 Å². The molecule has 1 aromatic heterocycles. The summed E-state index contributed by atoms with van der Waals surface area (Å²) in [6.45, 7) is 5.14. The van der Waals surface area contributed by atoms with Crippen molar-refractivity contribution in [3.63, 3.8) is 0 Å². The molecule has 0 atom stereocenters. The van der Waals surface area contributed by atoms with Crippen molar-refractivity contribution in [1.82, 2.24) is 14.9 Å². The van der Waals surface area contributed by atoms with Gasteiger partial charge in [-0.25, -0.2) is 4.98 Å². The van der Waals surface area contributed by atoms with Crippen molar-refractivity contribution in [2.24, 2.45) is 7.05 Å². The standard InChI is InChI=1S/C27H28ClN5O/c1-3-7-26(30-18-21-8-10-22(20-34)11-9-21)33(17-6-4-5-16-29)27-31-25(19-32(27)2)23-12-14-24(28)15-13-23/h3,7-15,19-20,30H,1,4-6,17-18H2,2H3/b26-7-. The molecular weight excluding hydrogens is 446 g/mol. The molecule has 0 unspecified atom stereocenters. The minimum atomic E-state index is 0.515. The largest absolute Gasteiger partial charge is 0.367 e. The Balaban J connectivity index is 1.88. The van der Waals surface area contributed by atoms with Gasteiger partial charge in [0.25, 0.3) is 0 Å². The SMILES string of the molecule is C=C/C=C(/NCc1ccc(C=O)cc1)N(CCCCC#N)c1nc(-c2ccc(Cl)cc2)cn1C. The molecule has 0 radical (unpaired) electrons. The number of hydrogen-bond acceptors (Lipinski definition) is 5. The Morgan fingerprint density at radius 1 is 1.21 bits per heavy atom. The second kappa shape index (κ2) is 12.4. The Morgan fingerprint density at radius 2 is 1.94 bits per heavy atom. The average molecular weight is 474 g/mol. The molecule has 0 spiro atoms. The number of nitrogens with zero attached hydrogens (tertiary/aromatic N) is 4. The Kier molecular flexibility index (Phi) is 9.07. The maximum atomic E-state index is 10.9. The Bertz CT molecular complexity index is 1170. The molecule has 1 heterocycles. The van der Waals surface area contributed by atoms with Gasteiger partial charge in [-0.3, -0.25) is 9.69 Å². The number of halogens is 1. The third kappa shape index (κ3) is 6.60. The van der Waals surface area contributed by atoms with E-state index in [1.54, 1.807) is 18.2 Å². The highest BCUT2D eigenvalue weighted by Gasteiger charge is 2.18. The van der Waals surface area contributed by atoms with Gasteiger partial charge in [-0.1, -0.05) is 60.7 Å². The van der Waals surface area contributed by atoms with Gasteiger partial charge in [-0.15, -0.1) is 0 Å². The molecule has 0 fully saturated rings. The fourth-order valence-electron chi connectivity index (χ4n) is 3.53. The molecule has 174 valence electrons. The highest BCUT2D eigenvalue weighted by Crippen LogP contribution is 2.26. The number of anilines is 1. The van der Waals surface area contributed by atoms with E-state index < -0.39 is 0 Å². The van der Waals surface area contributed by atoms with Gasteiger partial charge in [0.1, 0.15) is 12.1 Å². The van der Waals surface area contributed by atoms with Crippen molar-refractivity contribution in [3.05, 3.63) is 95.4 Å². The summed E-state index contributed by atoms with van der Waals surface area (Å²) in [5.41, 5.74) is 3.52. The highest BCUT2D eigenvalue weighted by molar-refractivity contribution is 6.30. The monoisotopic (exact) mass is 473 g/mol. The van der Waals surface area contributed by atoms with Gasteiger partial charge >= 0.3 is 0 Å². The molecule has 0 saturated carbocycles. The molecular formula is C27H28ClN5O. The van der Waals surface area contributed by atoms with Gasteiger partial charge in [-0.05, 0) is 36.6 Å². The van der Waals surface area contributed by atoms with Gasteiger partial charge in [-0.2, -0.15) is 5.26 Å². The molecule has 0 aliphatic heterocycles. The Labute approximate surface area is 205 Å². The van der Waals surface area contributed by atoms with Crippen LogP contribution >= 0.6 is 11.6 Å². The van der Waals surface area contributed by atoms with Crippen molar-refractivity contribution in [3.8, 4) is 17.3 Å². The summed E-state index contributed by atoms with van der Waals surface area (Å²) in [5, 5.41) is 13.1. The van der Waals surface area contributed by atoms with Crippen molar-refractivity contribution in [1.29, 1.82) is 5.26 Å². The topological polar surface area (TPSA) is 74.0 Å². The summed E-state index contributed by atoms with van der Waals surface area (Å²) in [6, 6.07) is 17.3. The second-order valence-corrected chi connectivity index (χ2v) is 8.25. The lowest BCUT2D eigenvalue weighted by atomic mass is 10.1. The first kappa shape index (κ1) is 24.8. The van der Waals surface area contributed by atoms with Crippen LogP contribution in [0.5, 0.6) is 0 Å². The molecule has 1 N–H and O–H groups in total. The number of nitriles is 1. The number of unbranched alkanes of at least 4 members (excludes halogenated alkanes) is 2. The minimum Gasteiger partial charge on any atom is -0.367 e. The summed E-state index contributed by atoms with van der Waals surface area (Å²) in [5.74, 6) is 1.63. The predicted molar refractivity (Wildman–Crippen MR) is 137 cm³/mol. The number of imidazole rings is 1. The molecule has 34 heavy (non-hydrogen) atoms. The Morgan fingerprint density at radius 3 is 2.59 bits per heavy atom. The molecule has 7 heteroatoms. The summed E-state index contributed by atoms with van der Waals surface area (Å²) in [4.78, 5) is 18.0. The number of aryl methyl sites for hydroxylation is 1. The fourth-order valence-corrected chi connectivity index (χ4v) is 3.66.